The average Bonchev–Trinajstić information content (AvgIpc) is 2.96. The molecule has 0 aliphatic heterocycles. The minimum Gasteiger partial charge on any atom is -0.310 e. The third-order valence-corrected chi connectivity index (χ3v) is 9.40. The van der Waals surface area contributed by atoms with Crippen molar-refractivity contribution in [3.05, 3.63) is 148 Å². The van der Waals surface area contributed by atoms with Gasteiger partial charge in [0.05, 0.1) is 5.69 Å². The minimum absolute atomic E-state index is 0.0917. The zero-order chi connectivity index (χ0) is 29.8. The van der Waals surface area contributed by atoms with E-state index in [1.54, 1.807) is 0 Å². The van der Waals surface area contributed by atoms with E-state index in [1.165, 1.54) is 38.9 Å². The SMILES string of the molecule is Cc1cc(Cl)cc(N(c2ccc3c(c2)C(C)(C)c2ccccc2C3(C)C)c2ccc(C(C)C)cc2-c2ccccc2)c1. The molecule has 0 heterocycles. The van der Waals surface area contributed by atoms with Crippen LogP contribution in [0.4, 0.5) is 17.1 Å². The molecule has 0 N–H and O–H groups in total. The molecule has 212 valence electrons. The quantitative estimate of drug-likeness (QED) is 0.203. The predicted octanol–water partition coefficient (Wildman–Crippen LogP) is 11.9. The van der Waals surface area contributed by atoms with Crippen molar-refractivity contribution in [2.45, 2.75) is 65.2 Å². The first-order chi connectivity index (χ1) is 20.0. The minimum atomic E-state index is -0.142. The van der Waals surface area contributed by atoms with Gasteiger partial charge in [-0.1, -0.05) is 120 Å². The fraction of sp³-hybridized carbons (Fsp3) is 0.250. The Labute approximate surface area is 256 Å². The van der Waals surface area contributed by atoms with E-state index in [0.29, 0.717) is 5.92 Å². The maximum atomic E-state index is 6.72. The molecule has 5 aromatic rings. The third-order valence-electron chi connectivity index (χ3n) is 9.18. The fourth-order valence-electron chi connectivity index (χ4n) is 6.83. The number of halogens is 1. The molecule has 0 aromatic heterocycles. The molecule has 1 nitrogen and oxygen atoms in total. The molecular weight excluding hydrogens is 530 g/mol. The first kappa shape index (κ1) is 28.3. The summed E-state index contributed by atoms with van der Waals surface area (Å²) in [5, 5.41) is 0.739. The molecule has 0 bridgehead atoms. The lowest BCUT2D eigenvalue weighted by atomic mass is 9.60. The van der Waals surface area contributed by atoms with Crippen LogP contribution < -0.4 is 4.90 Å². The molecule has 0 fully saturated rings. The van der Waals surface area contributed by atoms with E-state index in [4.69, 9.17) is 11.6 Å². The summed E-state index contributed by atoms with van der Waals surface area (Å²) in [6, 6.07) is 40.1. The van der Waals surface area contributed by atoms with Gasteiger partial charge in [-0.2, -0.15) is 0 Å². The van der Waals surface area contributed by atoms with Gasteiger partial charge < -0.3 is 4.90 Å². The van der Waals surface area contributed by atoms with Crippen LogP contribution in [0.5, 0.6) is 0 Å². The Bertz CT molecular complexity index is 1760. The van der Waals surface area contributed by atoms with Gasteiger partial charge in [0.1, 0.15) is 0 Å². The molecule has 6 rings (SSSR count). The first-order valence-electron chi connectivity index (χ1n) is 15.0. The van der Waals surface area contributed by atoms with Crippen molar-refractivity contribution >= 4 is 28.7 Å². The summed E-state index contributed by atoms with van der Waals surface area (Å²) in [6.45, 7) is 16.1. The topological polar surface area (TPSA) is 3.24 Å². The second-order valence-electron chi connectivity index (χ2n) is 13.1. The fourth-order valence-corrected chi connectivity index (χ4v) is 7.11. The largest absolute Gasteiger partial charge is 0.310 e. The molecule has 0 saturated heterocycles. The van der Waals surface area contributed by atoms with Crippen molar-refractivity contribution in [1.29, 1.82) is 0 Å². The molecular formula is C40H40ClN. The third kappa shape index (κ3) is 4.74. The molecule has 1 aliphatic carbocycles. The van der Waals surface area contributed by atoms with Crippen molar-refractivity contribution in [2.24, 2.45) is 0 Å². The number of hydrogen-bond acceptors (Lipinski definition) is 1. The normalized spacial score (nSPS) is 14.8. The van der Waals surface area contributed by atoms with Gasteiger partial charge in [0.25, 0.3) is 0 Å². The van der Waals surface area contributed by atoms with Crippen LogP contribution in [0.3, 0.4) is 0 Å². The van der Waals surface area contributed by atoms with Crippen molar-refractivity contribution in [2.75, 3.05) is 4.90 Å². The summed E-state index contributed by atoms with van der Waals surface area (Å²) < 4.78 is 0. The van der Waals surface area contributed by atoms with Gasteiger partial charge in [-0.05, 0) is 94.3 Å². The van der Waals surface area contributed by atoms with E-state index >= 15 is 0 Å². The summed E-state index contributed by atoms with van der Waals surface area (Å²) in [5.41, 5.74) is 13.5. The highest BCUT2D eigenvalue weighted by atomic mass is 35.5. The molecule has 5 aromatic carbocycles. The molecule has 2 heteroatoms. The first-order valence-corrected chi connectivity index (χ1v) is 15.4. The number of anilines is 3. The lowest BCUT2D eigenvalue weighted by Crippen LogP contribution is -2.36. The Morgan fingerprint density at radius 1 is 0.595 bits per heavy atom. The smallest absolute Gasteiger partial charge is 0.0540 e. The van der Waals surface area contributed by atoms with Crippen LogP contribution in [-0.4, -0.2) is 0 Å². The zero-order valence-corrected chi connectivity index (χ0v) is 26.6. The lowest BCUT2D eigenvalue weighted by molar-refractivity contribution is 0.521. The Morgan fingerprint density at radius 3 is 1.86 bits per heavy atom. The average molecular weight is 570 g/mol. The molecule has 42 heavy (non-hydrogen) atoms. The van der Waals surface area contributed by atoms with Crippen molar-refractivity contribution in [3.63, 3.8) is 0 Å². The number of fused-ring (bicyclic) bond motifs is 2. The van der Waals surface area contributed by atoms with E-state index in [9.17, 15) is 0 Å². The predicted molar refractivity (Wildman–Crippen MR) is 181 cm³/mol. The molecule has 0 radical (unpaired) electrons. The highest BCUT2D eigenvalue weighted by Crippen LogP contribution is 2.52. The lowest BCUT2D eigenvalue weighted by Gasteiger charge is -2.44. The molecule has 0 amide bonds. The van der Waals surface area contributed by atoms with Crippen LogP contribution in [0, 0.1) is 6.92 Å². The highest BCUT2D eigenvalue weighted by molar-refractivity contribution is 6.31. The van der Waals surface area contributed by atoms with Gasteiger partial charge in [0, 0.05) is 32.8 Å². The summed E-state index contributed by atoms with van der Waals surface area (Å²) in [7, 11) is 0. The standard InChI is InChI=1S/C40H40ClN/c1-26(2)29-17-20-38(33(23-29)28-13-9-8-10-14-28)42(32-22-27(3)21-30(41)24-32)31-18-19-36-37(25-31)40(6,7)35-16-12-11-15-34(35)39(36,4)5/h8-26H,1-7H3. The van der Waals surface area contributed by atoms with Crippen LogP contribution in [0.15, 0.2) is 109 Å². The van der Waals surface area contributed by atoms with Crippen molar-refractivity contribution < 1.29 is 0 Å². The van der Waals surface area contributed by atoms with Crippen molar-refractivity contribution in [1.82, 2.24) is 0 Å². The van der Waals surface area contributed by atoms with Crippen LogP contribution in [0.2, 0.25) is 5.02 Å². The summed E-state index contributed by atoms with van der Waals surface area (Å²) in [4.78, 5) is 2.40. The number of rotatable bonds is 5. The van der Waals surface area contributed by atoms with E-state index in [0.717, 1.165) is 27.6 Å². The van der Waals surface area contributed by atoms with Crippen LogP contribution in [-0.2, 0) is 10.8 Å². The van der Waals surface area contributed by atoms with Gasteiger partial charge in [-0.15, -0.1) is 0 Å². The molecule has 0 unspecified atom stereocenters. The van der Waals surface area contributed by atoms with Gasteiger partial charge >= 0.3 is 0 Å². The number of benzene rings is 5. The Morgan fingerprint density at radius 2 is 1.21 bits per heavy atom. The number of aryl methyl sites for hydroxylation is 1. The van der Waals surface area contributed by atoms with Gasteiger partial charge in [-0.3, -0.25) is 0 Å². The number of nitrogens with zero attached hydrogens (tertiary/aromatic N) is 1. The van der Waals surface area contributed by atoms with E-state index in [1.807, 2.05) is 6.07 Å². The molecule has 0 saturated carbocycles. The highest BCUT2D eigenvalue weighted by Gasteiger charge is 2.41. The van der Waals surface area contributed by atoms with Gasteiger partial charge in [0.2, 0.25) is 0 Å². The van der Waals surface area contributed by atoms with E-state index in [-0.39, 0.29) is 10.8 Å². The Kier molecular flexibility index (Phi) is 7.06. The summed E-state index contributed by atoms with van der Waals surface area (Å²) in [5.74, 6) is 0.426. The monoisotopic (exact) mass is 569 g/mol. The maximum absolute atomic E-state index is 6.72. The van der Waals surface area contributed by atoms with Gasteiger partial charge in [-0.25, -0.2) is 0 Å². The Hall–Kier alpha value is -3.81. The zero-order valence-electron chi connectivity index (χ0n) is 25.8. The number of hydrogen-bond donors (Lipinski definition) is 0. The van der Waals surface area contributed by atoms with Crippen LogP contribution in [0.25, 0.3) is 11.1 Å². The molecule has 0 spiro atoms. The second kappa shape index (κ2) is 10.5. The Balaban J connectivity index is 1.64. The van der Waals surface area contributed by atoms with Crippen molar-refractivity contribution in [3.8, 4) is 11.1 Å². The summed E-state index contributed by atoms with van der Waals surface area (Å²) >= 11 is 6.72. The van der Waals surface area contributed by atoms with Crippen LogP contribution >= 0.6 is 11.6 Å². The molecule has 0 atom stereocenters. The van der Waals surface area contributed by atoms with Gasteiger partial charge in [0.15, 0.2) is 0 Å². The summed E-state index contributed by atoms with van der Waals surface area (Å²) in [6.07, 6.45) is 0. The van der Waals surface area contributed by atoms with E-state index < -0.39 is 0 Å². The second-order valence-corrected chi connectivity index (χ2v) is 13.6. The maximum Gasteiger partial charge on any atom is 0.0540 e. The molecule has 1 aliphatic rings. The van der Waals surface area contributed by atoms with Crippen LogP contribution in [0.1, 0.15) is 80.8 Å². The van der Waals surface area contributed by atoms with E-state index in [2.05, 4.69) is 156 Å².